The van der Waals surface area contributed by atoms with E-state index in [2.05, 4.69) is 19.9 Å². The van der Waals surface area contributed by atoms with Crippen LogP contribution in [0.3, 0.4) is 0 Å². The van der Waals surface area contributed by atoms with Crippen molar-refractivity contribution >= 4 is 11.6 Å². The Balaban J connectivity index is 2.81. The first kappa shape index (κ1) is 13.8. The maximum Gasteiger partial charge on any atom is 0.229 e. The average Bonchev–Trinajstić information content (AvgIpc) is 2.34. The van der Waals surface area contributed by atoms with E-state index in [1.54, 1.807) is 4.90 Å². The molecule has 0 radical (unpaired) electrons. The quantitative estimate of drug-likeness (QED) is 0.757. The Morgan fingerprint density at radius 3 is 2.59 bits per heavy atom. The van der Waals surface area contributed by atoms with Gasteiger partial charge in [0.1, 0.15) is 0 Å². The molecule has 0 bridgehead atoms. The summed E-state index contributed by atoms with van der Waals surface area (Å²) in [6.45, 7) is 6.26. The van der Waals surface area contributed by atoms with E-state index in [-0.39, 0.29) is 11.8 Å². The van der Waals surface area contributed by atoms with Crippen LogP contribution in [-0.2, 0) is 4.79 Å². The summed E-state index contributed by atoms with van der Waals surface area (Å²) in [4.78, 5) is 14.1. The minimum Gasteiger partial charge on any atom is -0.315 e. The maximum atomic E-state index is 12.3. The largest absolute Gasteiger partial charge is 0.315 e. The molecule has 2 nitrogen and oxygen atoms in total. The van der Waals surface area contributed by atoms with E-state index in [9.17, 15) is 4.79 Å². The Bertz CT molecular complexity index is 373. The minimum absolute atomic E-state index is 0.158. The number of aryl methyl sites for hydroxylation is 1. The molecule has 0 fully saturated rings. The van der Waals surface area contributed by atoms with Crippen molar-refractivity contribution < 1.29 is 4.79 Å². The molecule has 0 saturated carbocycles. The lowest BCUT2D eigenvalue weighted by atomic mass is 9.99. The Morgan fingerprint density at radius 2 is 2.06 bits per heavy atom. The predicted molar refractivity (Wildman–Crippen MR) is 73.3 cm³/mol. The first-order chi connectivity index (χ1) is 8.10. The fourth-order valence-corrected chi connectivity index (χ4v) is 2.09. The lowest BCUT2D eigenvalue weighted by Crippen LogP contribution is -2.32. The highest BCUT2D eigenvalue weighted by Gasteiger charge is 2.20. The van der Waals surface area contributed by atoms with E-state index in [0.717, 1.165) is 24.9 Å². The summed E-state index contributed by atoms with van der Waals surface area (Å²) in [6.07, 6.45) is 2.96. The van der Waals surface area contributed by atoms with Crippen LogP contribution in [0.25, 0.3) is 0 Å². The van der Waals surface area contributed by atoms with Gasteiger partial charge in [-0.25, -0.2) is 0 Å². The zero-order chi connectivity index (χ0) is 12.8. The van der Waals surface area contributed by atoms with Crippen LogP contribution in [0.1, 0.15) is 38.7 Å². The second-order valence-electron chi connectivity index (χ2n) is 4.63. The highest BCUT2D eigenvalue weighted by Crippen LogP contribution is 2.20. The molecule has 1 aromatic rings. The first-order valence-corrected chi connectivity index (χ1v) is 6.44. The van der Waals surface area contributed by atoms with Gasteiger partial charge in [-0.05, 0) is 37.5 Å². The molecule has 94 valence electrons. The molecule has 0 N–H and O–H groups in total. The van der Waals surface area contributed by atoms with Crippen molar-refractivity contribution in [1.82, 2.24) is 0 Å². The van der Waals surface area contributed by atoms with Gasteiger partial charge in [0.15, 0.2) is 0 Å². The molecular weight excluding hydrogens is 210 g/mol. The molecule has 0 aliphatic carbocycles. The van der Waals surface area contributed by atoms with E-state index in [1.165, 1.54) is 5.56 Å². The van der Waals surface area contributed by atoms with Crippen LogP contribution in [0.4, 0.5) is 5.69 Å². The van der Waals surface area contributed by atoms with Gasteiger partial charge in [0, 0.05) is 18.7 Å². The van der Waals surface area contributed by atoms with Gasteiger partial charge in [-0.2, -0.15) is 0 Å². The first-order valence-electron chi connectivity index (χ1n) is 6.44. The Hall–Kier alpha value is -1.31. The number of hydrogen-bond donors (Lipinski definition) is 0. The Labute approximate surface area is 105 Å². The molecule has 0 aromatic heterocycles. The minimum atomic E-state index is 0.158. The molecular formula is C15H23NO. The Morgan fingerprint density at radius 1 is 1.35 bits per heavy atom. The molecule has 2 heteroatoms. The summed E-state index contributed by atoms with van der Waals surface area (Å²) in [7, 11) is 1.87. The third-order valence-electron chi connectivity index (χ3n) is 3.20. The molecule has 0 unspecified atom stereocenters. The van der Waals surface area contributed by atoms with Crippen LogP contribution in [0.2, 0.25) is 0 Å². The molecule has 1 aromatic carbocycles. The van der Waals surface area contributed by atoms with E-state index >= 15 is 0 Å². The van der Waals surface area contributed by atoms with Crippen molar-refractivity contribution in [3.63, 3.8) is 0 Å². The second kappa shape index (κ2) is 6.43. The number of carbonyl (C=O) groups excluding carboxylic acids is 1. The van der Waals surface area contributed by atoms with Gasteiger partial charge in [0.05, 0.1) is 0 Å². The molecule has 17 heavy (non-hydrogen) atoms. The second-order valence-corrected chi connectivity index (χ2v) is 4.63. The molecule has 0 saturated heterocycles. The van der Waals surface area contributed by atoms with Gasteiger partial charge in [-0.15, -0.1) is 0 Å². The number of amides is 1. The summed E-state index contributed by atoms with van der Waals surface area (Å²) in [5.74, 6) is 0.394. The smallest absolute Gasteiger partial charge is 0.229 e. The van der Waals surface area contributed by atoms with Gasteiger partial charge < -0.3 is 4.90 Å². The number of rotatable bonds is 5. The highest BCUT2D eigenvalue weighted by molar-refractivity contribution is 5.94. The number of benzene rings is 1. The van der Waals surface area contributed by atoms with Crippen LogP contribution >= 0.6 is 0 Å². The van der Waals surface area contributed by atoms with Crippen LogP contribution < -0.4 is 4.90 Å². The molecule has 0 spiro atoms. The van der Waals surface area contributed by atoms with Crippen LogP contribution in [0.5, 0.6) is 0 Å². The molecule has 1 atom stereocenters. The Kier molecular flexibility index (Phi) is 5.20. The predicted octanol–water partition coefficient (Wildman–Crippen LogP) is 3.78. The van der Waals surface area contributed by atoms with Crippen molar-refractivity contribution in [3.8, 4) is 0 Å². The highest BCUT2D eigenvalue weighted by atomic mass is 16.2. The van der Waals surface area contributed by atoms with E-state index < -0.39 is 0 Å². The SMILES string of the molecule is CCC[C@H](CC)C(=O)N(C)c1cccc(C)c1. The number of carbonyl (C=O) groups is 1. The number of anilines is 1. The third kappa shape index (κ3) is 3.58. The van der Waals surface area contributed by atoms with E-state index in [0.29, 0.717) is 0 Å². The summed E-state index contributed by atoms with van der Waals surface area (Å²) in [5, 5.41) is 0. The van der Waals surface area contributed by atoms with Gasteiger partial charge in [-0.1, -0.05) is 32.4 Å². The van der Waals surface area contributed by atoms with Gasteiger partial charge >= 0.3 is 0 Å². The van der Waals surface area contributed by atoms with Crippen molar-refractivity contribution in [3.05, 3.63) is 29.8 Å². The van der Waals surface area contributed by atoms with Gasteiger partial charge in [-0.3, -0.25) is 4.79 Å². The van der Waals surface area contributed by atoms with Gasteiger partial charge in [0.2, 0.25) is 5.91 Å². The maximum absolute atomic E-state index is 12.3. The molecule has 1 amide bonds. The van der Waals surface area contributed by atoms with Crippen LogP contribution in [-0.4, -0.2) is 13.0 Å². The third-order valence-corrected chi connectivity index (χ3v) is 3.20. The summed E-state index contributed by atoms with van der Waals surface area (Å²) in [5.41, 5.74) is 2.18. The van der Waals surface area contributed by atoms with Gasteiger partial charge in [0.25, 0.3) is 0 Å². The lowest BCUT2D eigenvalue weighted by molar-refractivity contribution is -0.122. The van der Waals surface area contributed by atoms with Crippen LogP contribution in [0.15, 0.2) is 24.3 Å². The fraction of sp³-hybridized carbons (Fsp3) is 0.533. The topological polar surface area (TPSA) is 20.3 Å². The molecule has 0 aliphatic rings. The standard InChI is InChI=1S/C15H23NO/c1-5-8-13(6-2)15(17)16(4)14-10-7-9-12(3)11-14/h7,9-11,13H,5-6,8H2,1-4H3/t13-/m0/s1. The van der Waals surface area contributed by atoms with E-state index in [4.69, 9.17) is 0 Å². The van der Waals surface area contributed by atoms with Crippen LogP contribution in [0, 0.1) is 12.8 Å². The zero-order valence-electron chi connectivity index (χ0n) is 11.4. The van der Waals surface area contributed by atoms with Crippen molar-refractivity contribution in [2.75, 3.05) is 11.9 Å². The summed E-state index contributed by atoms with van der Waals surface area (Å²) in [6, 6.07) is 8.08. The molecule has 0 aliphatic heterocycles. The normalized spacial score (nSPS) is 12.2. The lowest BCUT2D eigenvalue weighted by Gasteiger charge is -2.23. The molecule has 0 heterocycles. The average molecular weight is 233 g/mol. The fourth-order valence-electron chi connectivity index (χ4n) is 2.09. The monoisotopic (exact) mass is 233 g/mol. The molecule has 1 rings (SSSR count). The number of nitrogens with zero attached hydrogens (tertiary/aromatic N) is 1. The van der Waals surface area contributed by atoms with E-state index in [1.807, 2.05) is 32.2 Å². The summed E-state index contributed by atoms with van der Waals surface area (Å²) >= 11 is 0. The zero-order valence-corrected chi connectivity index (χ0v) is 11.4. The van der Waals surface area contributed by atoms with Crippen molar-refractivity contribution in [2.45, 2.75) is 40.0 Å². The van der Waals surface area contributed by atoms with Crippen molar-refractivity contribution in [1.29, 1.82) is 0 Å². The summed E-state index contributed by atoms with van der Waals surface area (Å²) < 4.78 is 0. The number of hydrogen-bond acceptors (Lipinski definition) is 1. The van der Waals surface area contributed by atoms with Crippen molar-refractivity contribution in [2.24, 2.45) is 5.92 Å².